The minimum Gasteiger partial charge on any atom is -0.338 e. The molecule has 2 atom stereocenters. The van der Waals surface area contributed by atoms with Gasteiger partial charge in [0.25, 0.3) is 0 Å². The van der Waals surface area contributed by atoms with Crippen LogP contribution in [0.1, 0.15) is 19.4 Å². The Labute approximate surface area is 218 Å². The van der Waals surface area contributed by atoms with Crippen LogP contribution in [-0.4, -0.2) is 10.6 Å². The fourth-order valence-corrected chi connectivity index (χ4v) is 6.10. The van der Waals surface area contributed by atoms with Crippen LogP contribution in [0.5, 0.6) is 0 Å². The van der Waals surface area contributed by atoms with E-state index in [4.69, 9.17) is 0 Å². The highest BCUT2D eigenvalue weighted by Crippen LogP contribution is 2.40. The van der Waals surface area contributed by atoms with E-state index < -0.39 is 0 Å². The summed E-state index contributed by atoms with van der Waals surface area (Å²) in [5, 5.41) is 2.58. The summed E-state index contributed by atoms with van der Waals surface area (Å²) in [6.07, 6.45) is 1.14. The molecule has 2 unspecified atom stereocenters. The van der Waals surface area contributed by atoms with E-state index in [-0.39, 0.29) is 0 Å². The van der Waals surface area contributed by atoms with Gasteiger partial charge in [-0.05, 0) is 78.4 Å². The van der Waals surface area contributed by atoms with Crippen LogP contribution < -0.4 is 4.90 Å². The molecule has 2 heteroatoms. The molecule has 1 aliphatic rings. The second-order valence-corrected chi connectivity index (χ2v) is 10.4. The van der Waals surface area contributed by atoms with Crippen molar-refractivity contribution in [1.29, 1.82) is 0 Å². The fourth-order valence-electron chi connectivity index (χ4n) is 6.10. The molecule has 37 heavy (non-hydrogen) atoms. The van der Waals surface area contributed by atoms with Crippen LogP contribution in [-0.2, 0) is 6.42 Å². The first-order valence-electron chi connectivity index (χ1n) is 13.3. The number of anilines is 2. The maximum Gasteiger partial charge on any atom is 0.0541 e. The van der Waals surface area contributed by atoms with Gasteiger partial charge >= 0.3 is 0 Å². The standard InChI is InChI=1S/C35H30N2/c1-24-23-28-9-3-6-12-33(28)36(25(24)2)29-19-15-26(16-20-29)27-17-21-30(22-18-27)37-34-13-7-4-10-31(34)32-11-5-8-14-35(32)37/h3-22,24-25H,23H2,1-2H3. The topological polar surface area (TPSA) is 8.17 Å². The largest absolute Gasteiger partial charge is 0.338 e. The van der Waals surface area contributed by atoms with E-state index in [0.717, 1.165) is 6.42 Å². The molecular weight excluding hydrogens is 448 g/mol. The van der Waals surface area contributed by atoms with Gasteiger partial charge in [-0.3, -0.25) is 0 Å². The van der Waals surface area contributed by atoms with E-state index in [2.05, 4.69) is 145 Å². The van der Waals surface area contributed by atoms with Gasteiger partial charge in [0, 0.05) is 33.9 Å². The Hall–Kier alpha value is -4.30. The number of para-hydroxylation sites is 3. The lowest BCUT2D eigenvalue weighted by Crippen LogP contribution is -2.39. The van der Waals surface area contributed by atoms with Crippen molar-refractivity contribution in [3.05, 3.63) is 127 Å². The highest BCUT2D eigenvalue weighted by atomic mass is 15.2. The Morgan fingerprint density at radius 2 is 1.05 bits per heavy atom. The molecule has 0 N–H and O–H groups in total. The highest BCUT2D eigenvalue weighted by Gasteiger charge is 2.29. The summed E-state index contributed by atoms with van der Waals surface area (Å²) in [6, 6.07) is 44.7. The molecule has 2 nitrogen and oxygen atoms in total. The molecule has 1 aromatic heterocycles. The third-order valence-electron chi connectivity index (χ3n) is 8.21. The van der Waals surface area contributed by atoms with Crippen LogP contribution in [0.3, 0.4) is 0 Å². The summed E-state index contributed by atoms with van der Waals surface area (Å²) in [4.78, 5) is 2.51. The number of hydrogen-bond donors (Lipinski definition) is 0. The Morgan fingerprint density at radius 3 is 1.68 bits per heavy atom. The van der Waals surface area contributed by atoms with Gasteiger partial charge in [-0.15, -0.1) is 0 Å². The zero-order valence-corrected chi connectivity index (χ0v) is 21.3. The molecule has 7 rings (SSSR count). The number of fused-ring (bicyclic) bond motifs is 4. The Kier molecular flexibility index (Phi) is 5.14. The fraction of sp³-hybridized carbons (Fsp3) is 0.143. The average Bonchev–Trinajstić information content (AvgIpc) is 3.29. The zero-order valence-electron chi connectivity index (χ0n) is 21.3. The van der Waals surface area contributed by atoms with Crippen LogP contribution >= 0.6 is 0 Å². The molecule has 180 valence electrons. The minimum absolute atomic E-state index is 0.464. The van der Waals surface area contributed by atoms with E-state index in [1.807, 2.05) is 0 Å². The Morgan fingerprint density at radius 1 is 0.541 bits per heavy atom. The van der Waals surface area contributed by atoms with Gasteiger partial charge < -0.3 is 9.47 Å². The van der Waals surface area contributed by atoms with E-state index in [1.54, 1.807) is 0 Å². The van der Waals surface area contributed by atoms with Crippen molar-refractivity contribution in [3.8, 4) is 16.8 Å². The average molecular weight is 479 g/mol. The Balaban J connectivity index is 1.23. The van der Waals surface area contributed by atoms with Crippen molar-refractivity contribution in [2.45, 2.75) is 26.3 Å². The molecule has 0 spiro atoms. The first kappa shape index (κ1) is 21.9. The zero-order chi connectivity index (χ0) is 24.9. The summed E-state index contributed by atoms with van der Waals surface area (Å²) in [6.45, 7) is 4.71. The van der Waals surface area contributed by atoms with Crippen LogP contribution in [0, 0.1) is 5.92 Å². The first-order chi connectivity index (χ1) is 18.2. The van der Waals surface area contributed by atoms with Crippen molar-refractivity contribution in [2.75, 3.05) is 4.90 Å². The maximum absolute atomic E-state index is 2.51. The maximum atomic E-state index is 2.51. The predicted molar refractivity (Wildman–Crippen MR) is 157 cm³/mol. The van der Waals surface area contributed by atoms with Crippen molar-refractivity contribution in [1.82, 2.24) is 4.57 Å². The van der Waals surface area contributed by atoms with Crippen LogP contribution in [0.25, 0.3) is 38.6 Å². The SMILES string of the molecule is CC1Cc2ccccc2N(c2ccc(-c3ccc(-n4c5ccccc5c5ccccc54)cc3)cc2)C1C. The van der Waals surface area contributed by atoms with Gasteiger partial charge in [0.05, 0.1) is 11.0 Å². The molecule has 1 aliphatic heterocycles. The molecule has 0 saturated heterocycles. The second kappa shape index (κ2) is 8.67. The minimum atomic E-state index is 0.464. The summed E-state index contributed by atoms with van der Waals surface area (Å²) >= 11 is 0. The third-order valence-corrected chi connectivity index (χ3v) is 8.21. The molecule has 0 saturated carbocycles. The summed E-state index contributed by atoms with van der Waals surface area (Å²) in [7, 11) is 0. The molecule has 0 radical (unpaired) electrons. The summed E-state index contributed by atoms with van der Waals surface area (Å²) < 4.78 is 2.37. The molecular formula is C35H30N2. The summed E-state index contributed by atoms with van der Waals surface area (Å²) in [5.74, 6) is 0.614. The predicted octanol–water partition coefficient (Wildman–Crippen LogP) is 9.17. The van der Waals surface area contributed by atoms with E-state index in [1.165, 1.54) is 55.6 Å². The number of nitrogens with zero attached hydrogens (tertiary/aromatic N) is 2. The van der Waals surface area contributed by atoms with E-state index >= 15 is 0 Å². The van der Waals surface area contributed by atoms with Gasteiger partial charge in [0.1, 0.15) is 0 Å². The smallest absolute Gasteiger partial charge is 0.0541 e. The molecule has 5 aromatic carbocycles. The highest BCUT2D eigenvalue weighted by molar-refractivity contribution is 6.09. The lowest BCUT2D eigenvalue weighted by atomic mass is 9.87. The van der Waals surface area contributed by atoms with Crippen molar-refractivity contribution in [3.63, 3.8) is 0 Å². The second-order valence-electron chi connectivity index (χ2n) is 10.4. The van der Waals surface area contributed by atoms with E-state index in [9.17, 15) is 0 Å². The van der Waals surface area contributed by atoms with E-state index in [0.29, 0.717) is 12.0 Å². The van der Waals surface area contributed by atoms with Crippen LogP contribution in [0.15, 0.2) is 121 Å². The lowest BCUT2D eigenvalue weighted by molar-refractivity contribution is 0.455. The number of hydrogen-bond acceptors (Lipinski definition) is 1. The van der Waals surface area contributed by atoms with Gasteiger partial charge in [-0.25, -0.2) is 0 Å². The van der Waals surface area contributed by atoms with Crippen molar-refractivity contribution >= 4 is 33.2 Å². The first-order valence-corrected chi connectivity index (χ1v) is 13.3. The molecule has 6 aromatic rings. The lowest BCUT2D eigenvalue weighted by Gasteiger charge is -2.41. The number of benzene rings is 5. The van der Waals surface area contributed by atoms with Crippen LogP contribution in [0.2, 0.25) is 0 Å². The normalized spacial score (nSPS) is 17.3. The third kappa shape index (κ3) is 3.55. The van der Waals surface area contributed by atoms with Crippen LogP contribution in [0.4, 0.5) is 11.4 Å². The molecule has 0 amide bonds. The summed E-state index contributed by atoms with van der Waals surface area (Å²) in [5.41, 5.74) is 10.2. The molecule has 0 aliphatic carbocycles. The molecule has 0 fully saturated rings. The quantitative estimate of drug-likeness (QED) is 0.246. The van der Waals surface area contributed by atoms with Gasteiger partial charge in [0.15, 0.2) is 0 Å². The monoisotopic (exact) mass is 478 g/mol. The number of aromatic nitrogens is 1. The number of rotatable bonds is 3. The van der Waals surface area contributed by atoms with Gasteiger partial charge in [0.2, 0.25) is 0 Å². The molecule has 2 heterocycles. The Bertz CT molecular complexity index is 1670. The van der Waals surface area contributed by atoms with Crippen molar-refractivity contribution in [2.24, 2.45) is 5.92 Å². The van der Waals surface area contributed by atoms with Gasteiger partial charge in [-0.2, -0.15) is 0 Å². The molecule has 0 bridgehead atoms. The van der Waals surface area contributed by atoms with Gasteiger partial charge in [-0.1, -0.05) is 85.8 Å². The van der Waals surface area contributed by atoms with Crippen molar-refractivity contribution < 1.29 is 0 Å².